The molecule has 9 aromatic rings. The van der Waals surface area contributed by atoms with Gasteiger partial charge in [-0.05, 0) is 80.6 Å². The van der Waals surface area contributed by atoms with E-state index < -0.39 is 5.41 Å². The second kappa shape index (κ2) is 10.8. The SMILES string of the molecule is c1ccc(N(c2ccc3c(c2)C(c2ccccc2)(c2ccccc2)c2ccc4ccccc4c2-3)c2cccc3c2oc2ccccc23)cc1. The molecule has 0 aliphatic heterocycles. The average Bonchev–Trinajstić information content (AvgIpc) is 3.71. The zero-order valence-corrected chi connectivity index (χ0v) is 26.8. The maximum absolute atomic E-state index is 6.64. The van der Waals surface area contributed by atoms with Gasteiger partial charge in [-0.1, -0.05) is 152 Å². The van der Waals surface area contributed by atoms with Gasteiger partial charge in [0.2, 0.25) is 0 Å². The third kappa shape index (κ3) is 4.01. The molecule has 49 heavy (non-hydrogen) atoms. The van der Waals surface area contributed by atoms with Crippen molar-refractivity contribution < 1.29 is 4.42 Å². The van der Waals surface area contributed by atoms with Crippen LogP contribution in [0.3, 0.4) is 0 Å². The summed E-state index contributed by atoms with van der Waals surface area (Å²) < 4.78 is 6.64. The zero-order chi connectivity index (χ0) is 32.4. The normalized spacial score (nSPS) is 13.1. The van der Waals surface area contributed by atoms with Gasteiger partial charge in [0.05, 0.1) is 11.1 Å². The van der Waals surface area contributed by atoms with Crippen LogP contribution in [0.1, 0.15) is 22.3 Å². The van der Waals surface area contributed by atoms with E-state index in [-0.39, 0.29) is 0 Å². The Hall–Kier alpha value is -6.38. The smallest absolute Gasteiger partial charge is 0.159 e. The second-order valence-electron chi connectivity index (χ2n) is 12.8. The number of hydrogen-bond donors (Lipinski definition) is 0. The van der Waals surface area contributed by atoms with Crippen molar-refractivity contribution >= 4 is 49.8 Å². The fourth-order valence-electron chi connectivity index (χ4n) is 8.30. The van der Waals surface area contributed by atoms with Gasteiger partial charge in [-0.15, -0.1) is 0 Å². The van der Waals surface area contributed by atoms with Gasteiger partial charge in [0.1, 0.15) is 5.58 Å². The first kappa shape index (κ1) is 27.7. The molecule has 8 aromatic carbocycles. The Morgan fingerprint density at radius 1 is 0.429 bits per heavy atom. The Balaban J connectivity index is 1.31. The Morgan fingerprint density at radius 3 is 1.82 bits per heavy atom. The van der Waals surface area contributed by atoms with Gasteiger partial charge in [-0.2, -0.15) is 0 Å². The van der Waals surface area contributed by atoms with E-state index in [2.05, 4.69) is 187 Å². The van der Waals surface area contributed by atoms with E-state index in [9.17, 15) is 0 Å². The summed E-state index contributed by atoms with van der Waals surface area (Å²) in [5.74, 6) is 0. The summed E-state index contributed by atoms with van der Waals surface area (Å²) in [7, 11) is 0. The van der Waals surface area contributed by atoms with Crippen molar-refractivity contribution in [1.82, 2.24) is 0 Å². The van der Waals surface area contributed by atoms with Gasteiger partial charge in [0, 0.05) is 22.1 Å². The van der Waals surface area contributed by atoms with E-state index >= 15 is 0 Å². The predicted molar refractivity (Wildman–Crippen MR) is 203 cm³/mol. The topological polar surface area (TPSA) is 16.4 Å². The lowest BCUT2D eigenvalue weighted by molar-refractivity contribution is 0.669. The van der Waals surface area contributed by atoms with Gasteiger partial charge >= 0.3 is 0 Å². The Bertz CT molecular complexity index is 2620. The molecule has 0 N–H and O–H groups in total. The Kier molecular flexibility index (Phi) is 6.13. The van der Waals surface area contributed by atoms with E-state index in [1.807, 2.05) is 6.07 Å². The summed E-state index contributed by atoms with van der Waals surface area (Å²) >= 11 is 0. The van der Waals surface area contributed by atoms with Gasteiger partial charge in [-0.3, -0.25) is 0 Å². The van der Waals surface area contributed by atoms with Gasteiger partial charge in [0.25, 0.3) is 0 Å². The van der Waals surface area contributed by atoms with Gasteiger partial charge < -0.3 is 9.32 Å². The summed E-state index contributed by atoms with van der Waals surface area (Å²) in [6, 6.07) is 68.0. The number of rotatable bonds is 5. The van der Waals surface area contributed by atoms with Gasteiger partial charge in [0.15, 0.2) is 5.58 Å². The lowest BCUT2D eigenvalue weighted by atomic mass is 9.67. The standard InChI is InChI=1S/C47H31NO/c1-4-16-33(17-5-1)47(34-18-6-2-7-19-34)41-30-27-32-15-10-11-22-37(32)45(41)40-29-28-36(31-42(40)47)48(35-20-8-3-9-21-35)43-25-14-24-39-38-23-12-13-26-44(38)49-46(39)43/h1-31H. The van der Waals surface area contributed by atoms with Crippen LogP contribution in [0.25, 0.3) is 43.8 Å². The van der Waals surface area contributed by atoms with Crippen LogP contribution in [-0.2, 0) is 5.41 Å². The molecule has 2 nitrogen and oxygen atoms in total. The maximum atomic E-state index is 6.64. The summed E-state index contributed by atoms with van der Waals surface area (Å²) in [4.78, 5) is 2.35. The van der Waals surface area contributed by atoms with Crippen LogP contribution in [-0.4, -0.2) is 0 Å². The number of nitrogens with zero attached hydrogens (tertiary/aromatic N) is 1. The molecule has 230 valence electrons. The molecule has 0 fully saturated rings. The quantitative estimate of drug-likeness (QED) is 0.189. The van der Waals surface area contributed by atoms with Crippen molar-refractivity contribution in [2.75, 3.05) is 4.90 Å². The number of fused-ring (bicyclic) bond motifs is 8. The number of anilines is 3. The number of furan rings is 1. The molecule has 0 saturated heterocycles. The van der Waals surface area contributed by atoms with E-state index in [1.165, 1.54) is 44.2 Å². The highest BCUT2D eigenvalue weighted by Crippen LogP contribution is 2.59. The van der Waals surface area contributed by atoms with Crippen LogP contribution < -0.4 is 4.90 Å². The minimum atomic E-state index is -0.527. The molecule has 0 radical (unpaired) electrons. The first-order valence-electron chi connectivity index (χ1n) is 16.9. The first-order chi connectivity index (χ1) is 24.3. The molecule has 1 heterocycles. The maximum Gasteiger partial charge on any atom is 0.159 e. The molecule has 0 amide bonds. The molecular formula is C47H31NO. The summed E-state index contributed by atoms with van der Waals surface area (Å²) in [6.45, 7) is 0. The Labute approximate surface area is 285 Å². The third-order valence-corrected chi connectivity index (χ3v) is 10.3. The van der Waals surface area contributed by atoms with Crippen molar-refractivity contribution in [3.05, 3.63) is 210 Å². The van der Waals surface area contributed by atoms with E-state index in [0.29, 0.717) is 0 Å². The minimum absolute atomic E-state index is 0.527. The molecule has 0 unspecified atom stereocenters. The predicted octanol–water partition coefficient (Wildman–Crippen LogP) is 12.6. The summed E-state index contributed by atoms with van der Waals surface area (Å²) in [6.07, 6.45) is 0. The van der Waals surface area contributed by atoms with E-state index in [0.717, 1.165) is 39.0 Å². The molecule has 10 rings (SSSR count). The lowest BCUT2D eigenvalue weighted by Crippen LogP contribution is -2.28. The third-order valence-electron chi connectivity index (χ3n) is 10.3. The molecule has 1 aliphatic rings. The fourth-order valence-corrected chi connectivity index (χ4v) is 8.30. The van der Waals surface area contributed by atoms with Crippen LogP contribution in [0, 0.1) is 0 Å². The van der Waals surface area contributed by atoms with E-state index in [4.69, 9.17) is 4.42 Å². The highest BCUT2D eigenvalue weighted by molar-refractivity contribution is 6.10. The molecule has 0 bridgehead atoms. The summed E-state index contributed by atoms with van der Waals surface area (Å²) in [5.41, 5.74) is 12.0. The van der Waals surface area contributed by atoms with Crippen LogP contribution >= 0.6 is 0 Å². The van der Waals surface area contributed by atoms with Crippen molar-refractivity contribution in [3.8, 4) is 11.1 Å². The van der Waals surface area contributed by atoms with E-state index in [1.54, 1.807) is 0 Å². The molecule has 1 aromatic heterocycles. The average molecular weight is 626 g/mol. The van der Waals surface area contributed by atoms with Crippen LogP contribution in [0.2, 0.25) is 0 Å². The molecule has 0 spiro atoms. The highest BCUT2D eigenvalue weighted by Gasteiger charge is 2.47. The molecule has 1 aliphatic carbocycles. The molecule has 0 atom stereocenters. The monoisotopic (exact) mass is 625 g/mol. The fraction of sp³-hybridized carbons (Fsp3) is 0.0213. The minimum Gasteiger partial charge on any atom is -0.454 e. The van der Waals surface area contributed by atoms with Crippen LogP contribution in [0.5, 0.6) is 0 Å². The molecular weight excluding hydrogens is 595 g/mol. The second-order valence-corrected chi connectivity index (χ2v) is 12.8. The lowest BCUT2D eigenvalue weighted by Gasteiger charge is -2.35. The van der Waals surface area contributed by atoms with Gasteiger partial charge in [-0.25, -0.2) is 0 Å². The highest BCUT2D eigenvalue weighted by atomic mass is 16.3. The first-order valence-corrected chi connectivity index (χ1v) is 16.9. The molecule has 2 heteroatoms. The van der Waals surface area contributed by atoms with Crippen LogP contribution in [0.4, 0.5) is 17.1 Å². The zero-order valence-electron chi connectivity index (χ0n) is 26.8. The van der Waals surface area contributed by atoms with Crippen molar-refractivity contribution in [2.24, 2.45) is 0 Å². The van der Waals surface area contributed by atoms with Crippen LogP contribution in [0.15, 0.2) is 192 Å². The number of benzene rings is 8. The summed E-state index contributed by atoms with van der Waals surface area (Å²) in [5, 5.41) is 4.75. The largest absolute Gasteiger partial charge is 0.454 e. The molecule has 0 saturated carbocycles. The van der Waals surface area contributed by atoms with Crippen molar-refractivity contribution in [1.29, 1.82) is 0 Å². The van der Waals surface area contributed by atoms with Crippen molar-refractivity contribution in [2.45, 2.75) is 5.41 Å². The van der Waals surface area contributed by atoms with Crippen molar-refractivity contribution in [3.63, 3.8) is 0 Å². The number of hydrogen-bond acceptors (Lipinski definition) is 2. The Morgan fingerprint density at radius 2 is 1.06 bits per heavy atom. The number of para-hydroxylation sites is 3.